The Morgan fingerprint density at radius 2 is 2.00 bits per heavy atom. The Morgan fingerprint density at radius 3 is 2.56 bits per heavy atom. The minimum atomic E-state index is 0.663. The number of hydrogen-bond donors (Lipinski definition) is 0. The number of fused-ring (bicyclic) bond motifs is 1. The molecule has 0 saturated carbocycles. The highest BCUT2D eigenvalue weighted by molar-refractivity contribution is 5.80. The molecule has 1 aromatic carbocycles. The van der Waals surface area contributed by atoms with Gasteiger partial charge in [0.2, 0.25) is 0 Å². The van der Waals surface area contributed by atoms with E-state index in [1.807, 2.05) is 19.9 Å². The van der Waals surface area contributed by atoms with Crippen LogP contribution in [0.25, 0.3) is 11.6 Å². The molecule has 0 saturated heterocycles. The minimum Gasteiger partial charge on any atom is -0.0984 e. The Bertz CT molecular complexity index is 396. The van der Waals surface area contributed by atoms with Crippen molar-refractivity contribution in [3.8, 4) is 0 Å². The quantitative estimate of drug-likeness (QED) is 0.620. The van der Waals surface area contributed by atoms with Crippen LogP contribution in [0.1, 0.15) is 44.4 Å². The lowest BCUT2D eigenvalue weighted by Gasteiger charge is -2.07. The topological polar surface area (TPSA) is 0 Å². The summed E-state index contributed by atoms with van der Waals surface area (Å²) in [4.78, 5) is 0. The summed E-state index contributed by atoms with van der Waals surface area (Å²) < 4.78 is 0. The van der Waals surface area contributed by atoms with Gasteiger partial charge in [0.15, 0.2) is 0 Å². The molecule has 2 rings (SSSR count). The Morgan fingerprint density at radius 1 is 1.31 bits per heavy atom. The normalized spacial score (nSPS) is 20.0. The van der Waals surface area contributed by atoms with Gasteiger partial charge in [-0.15, -0.1) is 0 Å². The third-order valence-corrected chi connectivity index (χ3v) is 3.06. The van der Waals surface area contributed by atoms with Crippen LogP contribution < -0.4 is 0 Å². The van der Waals surface area contributed by atoms with E-state index in [1.165, 1.54) is 28.7 Å². The molecule has 0 aliphatic heterocycles. The number of rotatable bonds is 1. The van der Waals surface area contributed by atoms with Crippen LogP contribution in [0.5, 0.6) is 0 Å². The van der Waals surface area contributed by atoms with Crippen LogP contribution in [0.4, 0.5) is 0 Å². The second-order valence-electron chi connectivity index (χ2n) is 3.93. The van der Waals surface area contributed by atoms with E-state index in [1.54, 1.807) is 0 Å². The molecule has 0 amide bonds. The summed E-state index contributed by atoms with van der Waals surface area (Å²) in [6.45, 7) is 12.3. The van der Waals surface area contributed by atoms with Crippen molar-refractivity contribution in [2.75, 3.05) is 0 Å². The monoisotopic (exact) mass is 214 g/mol. The molecule has 0 heterocycles. The summed E-state index contributed by atoms with van der Waals surface area (Å²) in [7, 11) is 0. The van der Waals surface area contributed by atoms with Crippen LogP contribution in [0, 0.1) is 5.92 Å². The molecule has 1 aliphatic rings. The lowest BCUT2D eigenvalue weighted by atomic mass is 9.97. The lowest BCUT2D eigenvalue weighted by molar-refractivity contribution is 0.780. The standard InChI is InChI=1S/C14H16.C2H6/c1-4-11-7-6-8-12-9-10(3)13(5-2)14(11)12;1-2/h4-8,10H,1,9H2,2-3H3;1-2H3/b13-5-;. The fourth-order valence-electron chi connectivity index (χ4n) is 2.43. The molecule has 0 heteroatoms. The second kappa shape index (κ2) is 5.69. The van der Waals surface area contributed by atoms with E-state index in [0.29, 0.717) is 5.92 Å². The van der Waals surface area contributed by atoms with Crippen LogP contribution in [-0.2, 0) is 6.42 Å². The van der Waals surface area contributed by atoms with Crippen molar-refractivity contribution >= 4 is 11.6 Å². The first-order chi connectivity index (χ1) is 7.77. The van der Waals surface area contributed by atoms with Gasteiger partial charge in [-0.25, -0.2) is 0 Å². The maximum Gasteiger partial charge on any atom is -0.0120 e. The van der Waals surface area contributed by atoms with Gasteiger partial charge in [-0.3, -0.25) is 0 Å². The smallest absolute Gasteiger partial charge is 0.0120 e. The molecule has 1 unspecified atom stereocenters. The number of benzene rings is 1. The van der Waals surface area contributed by atoms with Gasteiger partial charge in [0.05, 0.1) is 0 Å². The molecule has 0 radical (unpaired) electrons. The van der Waals surface area contributed by atoms with Crippen LogP contribution >= 0.6 is 0 Å². The Balaban J connectivity index is 0.000000606. The molecule has 0 bridgehead atoms. The van der Waals surface area contributed by atoms with Crippen molar-refractivity contribution in [3.63, 3.8) is 0 Å². The van der Waals surface area contributed by atoms with E-state index in [2.05, 4.69) is 44.7 Å². The van der Waals surface area contributed by atoms with Gasteiger partial charge in [0, 0.05) is 0 Å². The van der Waals surface area contributed by atoms with E-state index in [-0.39, 0.29) is 0 Å². The summed E-state index contributed by atoms with van der Waals surface area (Å²) in [5, 5.41) is 0. The van der Waals surface area contributed by atoms with Gasteiger partial charge >= 0.3 is 0 Å². The van der Waals surface area contributed by atoms with E-state index < -0.39 is 0 Å². The zero-order chi connectivity index (χ0) is 12.1. The number of allylic oxidation sites excluding steroid dienone is 2. The van der Waals surface area contributed by atoms with Crippen LogP contribution in [0.15, 0.2) is 30.9 Å². The molecule has 1 aromatic rings. The van der Waals surface area contributed by atoms with Crippen molar-refractivity contribution in [1.29, 1.82) is 0 Å². The molecular formula is C16H22. The molecule has 1 aliphatic carbocycles. The summed E-state index contributed by atoms with van der Waals surface area (Å²) >= 11 is 0. The predicted octanol–water partition coefficient (Wildman–Crippen LogP) is 4.95. The highest BCUT2D eigenvalue weighted by Gasteiger charge is 2.23. The van der Waals surface area contributed by atoms with Gasteiger partial charge in [0.1, 0.15) is 0 Å². The molecule has 0 spiro atoms. The summed E-state index contributed by atoms with van der Waals surface area (Å²) in [5.74, 6) is 0.663. The van der Waals surface area contributed by atoms with E-state index >= 15 is 0 Å². The molecule has 16 heavy (non-hydrogen) atoms. The summed E-state index contributed by atoms with van der Waals surface area (Å²) in [6.07, 6.45) is 5.38. The van der Waals surface area contributed by atoms with Gasteiger partial charge < -0.3 is 0 Å². The molecule has 0 N–H and O–H groups in total. The van der Waals surface area contributed by atoms with Crippen LogP contribution in [0.2, 0.25) is 0 Å². The fraction of sp³-hybridized carbons (Fsp3) is 0.375. The molecule has 0 aromatic heterocycles. The average Bonchev–Trinajstić information content (AvgIpc) is 2.66. The second-order valence-corrected chi connectivity index (χ2v) is 3.93. The Hall–Kier alpha value is -1.30. The van der Waals surface area contributed by atoms with Crippen molar-refractivity contribution < 1.29 is 0 Å². The minimum absolute atomic E-state index is 0.663. The van der Waals surface area contributed by atoms with Gasteiger partial charge in [-0.1, -0.05) is 57.7 Å². The van der Waals surface area contributed by atoms with E-state index in [9.17, 15) is 0 Å². The Labute approximate surface area is 99.7 Å². The fourth-order valence-corrected chi connectivity index (χ4v) is 2.43. The van der Waals surface area contributed by atoms with Crippen molar-refractivity contribution in [1.82, 2.24) is 0 Å². The molecule has 1 atom stereocenters. The van der Waals surface area contributed by atoms with Crippen LogP contribution in [0.3, 0.4) is 0 Å². The van der Waals surface area contributed by atoms with Gasteiger partial charge in [-0.05, 0) is 41.5 Å². The van der Waals surface area contributed by atoms with Crippen LogP contribution in [-0.4, -0.2) is 0 Å². The maximum atomic E-state index is 3.87. The third-order valence-electron chi connectivity index (χ3n) is 3.06. The lowest BCUT2D eigenvalue weighted by Crippen LogP contribution is -1.90. The molecule has 0 nitrogen and oxygen atoms in total. The zero-order valence-electron chi connectivity index (χ0n) is 10.9. The van der Waals surface area contributed by atoms with Crippen molar-refractivity contribution in [2.45, 2.75) is 34.1 Å². The summed E-state index contributed by atoms with van der Waals surface area (Å²) in [6, 6.07) is 6.50. The average molecular weight is 214 g/mol. The summed E-state index contributed by atoms with van der Waals surface area (Å²) in [5.41, 5.74) is 5.66. The SMILES string of the molecule is C=Cc1cccc2c1/C(=C\C)C(C)C2.CC. The van der Waals surface area contributed by atoms with Gasteiger partial charge in [-0.2, -0.15) is 0 Å². The Kier molecular flexibility index (Phi) is 4.54. The maximum absolute atomic E-state index is 3.87. The zero-order valence-corrected chi connectivity index (χ0v) is 10.9. The first-order valence-electron chi connectivity index (χ1n) is 6.18. The first kappa shape index (κ1) is 12.8. The third kappa shape index (κ3) is 2.11. The largest absolute Gasteiger partial charge is 0.0984 e. The van der Waals surface area contributed by atoms with E-state index in [0.717, 1.165) is 0 Å². The molecular weight excluding hydrogens is 192 g/mol. The van der Waals surface area contributed by atoms with Crippen molar-refractivity contribution in [3.05, 3.63) is 47.5 Å². The van der Waals surface area contributed by atoms with E-state index in [4.69, 9.17) is 0 Å². The van der Waals surface area contributed by atoms with Gasteiger partial charge in [0.25, 0.3) is 0 Å². The predicted molar refractivity (Wildman–Crippen MR) is 74.4 cm³/mol. The first-order valence-corrected chi connectivity index (χ1v) is 6.18. The highest BCUT2D eigenvalue weighted by atomic mass is 14.3. The number of hydrogen-bond acceptors (Lipinski definition) is 0. The molecule has 0 fully saturated rings. The highest BCUT2D eigenvalue weighted by Crippen LogP contribution is 2.39. The van der Waals surface area contributed by atoms with Crippen molar-refractivity contribution in [2.24, 2.45) is 5.92 Å². The molecule has 86 valence electrons.